The van der Waals surface area contributed by atoms with Gasteiger partial charge in [0.2, 0.25) is 0 Å². The molecular formula is C33H31FN4O5. The Morgan fingerprint density at radius 1 is 1.16 bits per heavy atom. The molecule has 0 spiro atoms. The van der Waals surface area contributed by atoms with Crippen molar-refractivity contribution in [2.24, 2.45) is 5.92 Å². The van der Waals surface area contributed by atoms with Crippen molar-refractivity contribution in [2.45, 2.75) is 52.0 Å². The lowest BCUT2D eigenvalue weighted by Gasteiger charge is -2.18. The fraction of sp³-hybridized carbons (Fsp3) is 0.303. The van der Waals surface area contributed by atoms with Crippen molar-refractivity contribution < 1.29 is 23.5 Å². The van der Waals surface area contributed by atoms with Gasteiger partial charge in [-0.05, 0) is 73.6 Å². The quantitative estimate of drug-likeness (QED) is 0.259. The van der Waals surface area contributed by atoms with Crippen LogP contribution < -0.4 is 10.5 Å². The van der Waals surface area contributed by atoms with Gasteiger partial charge in [-0.2, -0.15) is 0 Å². The van der Waals surface area contributed by atoms with E-state index in [1.165, 1.54) is 12.1 Å². The third-order valence-electron chi connectivity index (χ3n) is 8.12. The van der Waals surface area contributed by atoms with Crippen molar-refractivity contribution in [3.05, 3.63) is 110 Å². The number of halogens is 1. The predicted molar refractivity (Wildman–Crippen MR) is 158 cm³/mol. The fourth-order valence-corrected chi connectivity index (χ4v) is 6.04. The van der Waals surface area contributed by atoms with Crippen LogP contribution in [0.5, 0.6) is 5.75 Å². The number of allylic oxidation sites excluding steroid dienone is 1. The number of H-pyrrole nitrogens is 1. The highest BCUT2D eigenvalue weighted by atomic mass is 19.1. The minimum Gasteiger partial charge on any atom is -0.488 e. The number of hydrogen-bond donors (Lipinski definition) is 2. The maximum absolute atomic E-state index is 14.4. The molecule has 3 aromatic carbocycles. The van der Waals surface area contributed by atoms with Gasteiger partial charge in [0, 0.05) is 42.0 Å². The summed E-state index contributed by atoms with van der Waals surface area (Å²) in [7, 11) is 1.63. The van der Waals surface area contributed by atoms with Gasteiger partial charge in [0.15, 0.2) is 5.82 Å². The molecule has 220 valence electrons. The summed E-state index contributed by atoms with van der Waals surface area (Å²) in [5.41, 5.74) is 6.62. The van der Waals surface area contributed by atoms with Gasteiger partial charge in [-0.15, -0.1) is 0 Å². The van der Waals surface area contributed by atoms with Gasteiger partial charge in [-0.25, -0.2) is 14.2 Å². The number of imidazole rings is 1. The molecule has 0 saturated heterocycles. The summed E-state index contributed by atoms with van der Waals surface area (Å²) in [6.45, 7) is 4.55. The van der Waals surface area contributed by atoms with Crippen LogP contribution in [0.2, 0.25) is 0 Å². The van der Waals surface area contributed by atoms with Crippen LogP contribution in [0.1, 0.15) is 66.2 Å². The largest absolute Gasteiger partial charge is 0.488 e. The number of ether oxygens (including phenoxy) is 2. The zero-order valence-electron chi connectivity index (χ0n) is 24.1. The van der Waals surface area contributed by atoms with Crippen molar-refractivity contribution in [2.75, 3.05) is 7.11 Å². The Morgan fingerprint density at radius 3 is 2.70 bits per heavy atom. The van der Waals surface area contributed by atoms with Gasteiger partial charge in [-0.1, -0.05) is 29.4 Å². The molecule has 9 nitrogen and oxygen atoms in total. The second kappa shape index (κ2) is 10.3. The summed E-state index contributed by atoms with van der Waals surface area (Å²) in [5, 5.41) is 14.8. The number of para-hydroxylation sites is 1. The van der Waals surface area contributed by atoms with E-state index in [4.69, 9.17) is 19.0 Å². The van der Waals surface area contributed by atoms with Gasteiger partial charge >= 0.3 is 5.76 Å². The van der Waals surface area contributed by atoms with E-state index >= 15 is 0 Å². The Balaban J connectivity index is 1.38. The second-order valence-electron chi connectivity index (χ2n) is 11.7. The van der Waals surface area contributed by atoms with Crippen molar-refractivity contribution in [3.63, 3.8) is 0 Å². The molecule has 0 atom stereocenters. The molecule has 1 aliphatic heterocycles. The van der Waals surface area contributed by atoms with E-state index in [0.717, 1.165) is 68.7 Å². The molecule has 1 saturated carbocycles. The number of aromatic nitrogens is 4. The molecule has 2 N–H and O–H groups in total. The van der Waals surface area contributed by atoms with Gasteiger partial charge in [-0.3, -0.25) is 9.51 Å². The number of nitrogens with zero attached hydrogens (tertiary/aromatic N) is 3. The van der Waals surface area contributed by atoms with E-state index in [-0.39, 0.29) is 12.5 Å². The first-order chi connectivity index (χ1) is 20.7. The summed E-state index contributed by atoms with van der Waals surface area (Å²) in [4.78, 5) is 19.6. The smallest absolute Gasteiger partial charge is 0.439 e. The van der Waals surface area contributed by atoms with Gasteiger partial charge in [0.05, 0.1) is 16.6 Å². The number of aromatic amines is 1. The predicted octanol–water partition coefficient (Wildman–Crippen LogP) is 5.54. The van der Waals surface area contributed by atoms with Crippen LogP contribution in [0.25, 0.3) is 22.2 Å². The molecule has 2 aliphatic rings. The van der Waals surface area contributed by atoms with Crippen LogP contribution in [0.3, 0.4) is 0 Å². The monoisotopic (exact) mass is 582 g/mol. The van der Waals surface area contributed by atoms with E-state index in [2.05, 4.69) is 32.9 Å². The number of nitrogens with one attached hydrogen (secondary N) is 1. The third kappa shape index (κ3) is 4.96. The second-order valence-corrected chi connectivity index (χ2v) is 11.7. The van der Waals surface area contributed by atoms with Crippen LogP contribution >= 0.6 is 0 Å². The molecule has 43 heavy (non-hydrogen) atoms. The summed E-state index contributed by atoms with van der Waals surface area (Å²) in [6.07, 6.45) is 1.89. The maximum atomic E-state index is 14.4. The fourth-order valence-electron chi connectivity index (χ4n) is 6.04. The number of fused-ring (bicyclic) bond motifs is 3. The van der Waals surface area contributed by atoms with E-state index in [0.29, 0.717) is 24.7 Å². The highest BCUT2D eigenvalue weighted by molar-refractivity contribution is 6.01. The standard InChI is InChI=1S/C33H31FN4O5/c1-33(2,40)24-5-4-6-25-30(24)35-27(17-41-3)38(25)15-18-7-11-22-20(13-18)16-42-26-14-21(34)10-12-23(26)29(22)28(19-8-9-19)31-36-32(39)43-37-31/h4-7,10-14,19,40H,8-9,15-17H2,1-3H3,(H,36,37,39)/b29-28-. The Hall–Kier alpha value is -4.54. The molecule has 0 radical (unpaired) electrons. The minimum atomic E-state index is -1.06. The van der Waals surface area contributed by atoms with Crippen molar-refractivity contribution >= 4 is 22.2 Å². The van der Waals surface area contributed by atoms with Crippen LogP contribution in [0.4, 0.5) is 4.39 Å². The molecule has 1 aliphatic carbocycles. The van der Waals surface area contributed by atoms with E-state index in [1.54, 1.807) is 27.0 Å². The van der Waals surface area contributed by atoms with Gasteiger partial charge in [0.25, 0.3) is 0 Å². The number of rotatable bonds is 7. The lowest BCUT2D eigenvalue weighted by atomic mass is 9.87. The molecule has 1 fully saturated rings. The third-order valence-corrected chi connectivity index (χ3v) is 8.12. The van der Waals surface area contributed by atoms with Crippen LogP contribution in [-0.2, 0) is 30.1 Å². The topological polar surface area (TPSA) is 115 Å². The molecule has 3 heterocycles. The van der Waals surface area contributed by atoms with Crippen LogP contribution in [0, 0.1) is 11.7 Å². The van der Waals surface area contributed by atoms with Gasteiger partial charge < -0.3 is 19.1 Å². The first-order valence-corrected chi connectivity index (χ1v) is 14.3. The molecule has 0 bridgehead atoms. The summed E-state index contributed by atoms with van der Waals surface area (Å²) in [6, 6.07) is 16.6. The highest BCUT2D eigenvalue weighted by Crippen LogP contribution is 2.49. The van der Waals surface area contributed by atoms with Crippen molar-refractivity contribution in [1.82, 2.24) is 19.7 Å². The lowest BCUT2D eigenvalue weighted by Crippen LogP contribution is -2.16. The molecule has 7 rings (SSSR count). The number of aliphatic hydroxyl groups is 1. The molecule has 0 unspecified atom stereocenters. The van der Waals surface area contributed by atoms with Gasteiger partial charge in [0.1, 0.15) is 30.6 Å². The molecule has 2 aromatic heterocycles. The van der Waals surface area contributed by atoms with Crippen LogP contribution in [-0.4, -0.2) is 31.9 Å². The Bertz CT molecular complexity index is 1960. The summed E-state index contributed by atoms with van der Waals surface area (Å²) >= 11 is 0. The Kier molecular flexibility index (Phi) is 6.55. The van der Waals surface area contributed by atoms with E-state index in [9.17, 15) is 14.3 Å². The Labute approximate surface area is 246 Å². The molecular weight excluding hydrogens is 551 g/mol. The SMILES string of the molecule is COCc1nc2c(C(C)(C)O)cccc2n1Cc1ccc2c(c1)COc1cc(F)ccc1/C2=C(\c1noc(=O)[nH]1)C1CC1. The highest BCUT2D eigenvalue weighted by Gasteiger charge is 2.35. The summed E-state index contributed by atoms with van der Waals surface area (Å²) in [5.74, 6) is 0.717. The van der Waals surface area contributed by atoms with Crippen LogP contribution in [0.15, 0.2) is 63.9 Å². The zero-order valence-corrected chi connectivity index (χ0v) is 24.1. The normalized spacial score (nSPS) is 16.0. The average Bonchev–Trinajstić information content (AvgIpc) is 3.66. The van der Waals surface area contributed by atoms with E-state index in [1.807, 2.05) is 18.2 Å². The van der Waals surface area contributed by atoms with Crippen molar-refractivity contribution in [3.8, 4) is 5.75 Å². The molecule has 5 aromatic rings. The molecule has 10 heteroatoms. The maximum Gasteiger partial charge on any atom is 0.439 e. The Morgan fingerprint density at radius 2 is 1.98 bits per heavy atom. The zero-order chi connectivity index (χ0) is 29.9. The number of hydrogen-bond acceptors (Lipinski definition) is 7. The lowest BCUT2D eigenvalue weighted by molar-refractivity contribution is 0.0800. The average molecular weight is 583 g/mol. The molecule has 0 amide bonds. The number of benzene rings is 3. The first-order valence-electron chi connectivity index (χ1n) is 14.3. The van der Waals surface area contributed by atoms with Crippen molar-refractivity contribution in [1.29, 1.82) is 0 Å². The van der Waals surface area contributed by atoms with E-state index < -0.39 is 17.2 Å². The number of methoxy groups -OCH3 is 1. The first kappa shape index (κ1) is 27.3. The summed E-state index contributed by atoms with van der Waals surface area (Å²) < 4.78 is 33.1. The minimum absolute atomic E-state index is 0.179.